The van der Waals surface area contributed by atoms with E-state index in [4.69, 9.17) is 13.9 Å². The zero-order valence-electron chi connectivity index (χ0n) is 21.1. The standard InChI is InChI=1S/C25H29F3N2O7/c1-6-30(7-2)13-8-9-14-15(11-18(31)36-17(14)10-13)19-16(12-35-21(19)32)20(22(33)37-24(3,4)5)29-23(34)25(26,27)28/h8-11,16,19-20H,6-7,12H2,1-5H3,(H,29,34). The van der Waals surface area contributed by atoms with Crippen LogP contribution in [0, 0.1) is 5.92 Å². The smallest absolute Gasteiger partial charge is 0.465 e. The van der Waals surface area contributed by atoms with E-state index < -0.39 is 59.7 Å². The van der Waals surface area contributed by atoms with Gasteiger partial charge in [0, 0.05) is 42.2 Å². The third kappa shape index (κ3) is 6.23. The highest BCUT2D eigenvalue weighted by Crippen LogP contribution is 2.39. The van der Waals surface area contributed by atoms with Crippen LogP contribution in [-0.4, -0.2) is 55.4 Å². The van der Waals surface area contributed by atoms with Crippen LogP contribution in [0.3, 0.4) is 0 Å². The number of carbonyl (C=O) groups excluding carboxylic acids is 3. The summed E-state index contributed by atoms with van der Waals surface area (Å²) < 4.78 is 55.0. The van der Waals surface area contributed by atoms with Gasteiger partial charge in [0.2, 0.25) is 0 Å². The molecule has 37 heavy (non-hydrogen) atoms. The molecule has 1 amide bonds. The van der Waals surface area contributed by atoms with Gasteiger partial charge in [-0.15, -0.1) is 0 Å². The summed E-state index contributed by atoms with van der Waals surface area (Å²) in [5.41, 5.74) is -0.880. The lowest BCUT2D eigenvalue weighted by molar-refractivity contribution is -0.178. The van der Waals surface area contributed by atoms with Crippen molar-refractivity contribution in [2.24, 2.45) is 5.92 Å². The maximum Gasteiger partial charge on any atom is 0.471 e. The minimum Gasteiger partial charge on any atom is -0.465 e. The highest BCUT2D eigenvalue weighted by molar-refractivity contribution is 5.93. The number of anilines is 1. The van der Waals surface area contributed by atoms with Crippen molar-refractivity contribution in [2.45, 2.75) is 58.4 Å². The number of esters is 2. The SMILES string of the molecule is CCN(CC)c1ccc2c(C3C(=O)OCC3C(NC(=O)C(F)(F)F)C(=O)OC(C)(C)C)cc(=O)oc2c1. The Hall–Kier alpha value is -3.57. The van der Waals surface area contributed by atoms with Crippen LogP contribution in [0.15, 0.2) is 33.5 Å². The molecule has 9 nitrogen and oxygen atoms in total. The summed E-state index contributed by atoms with van der Waals surface area (Å²) in [5.74, 6) is -7.05. The van der Waals surface area contributed by atoms with Gasteiger partial charge in [-0.2, -0.15) is 13.2 Å². The number of amides is 1. The molecule has 3 unspecified atom stereocenters. The molecule has 0 aliphatic carbocycles. The Balaban J connectivity index is 2.12. The number of carbonyl (C=O) groups is 3. The van der Waals surface area contributed by atoms with Crippen LogP contribution in [0.4, 0.5) is 18.9 Å². The molecular weight excluding hydrogens is 497 g/mol. The second-order valence-electron chi connectivity index (χ2n) is 9.63. The van der Waals surface area contributed by atoms with E-state index in [0.29, 0.717) is 18.5 Å². The van der Waals surface area contributed by atoms with E-state index in [-0.39, 0.29) is 11.1 Å². The van der Waals surface area contributed by atoms with Gasteiger partial charge in [-0.25, -0.2) is 9.59 Å². The summed E-state index contributed by atoms with van der Waals surface area (Å²) in [6, 6.07) is 4.16. The van der Waals surface area contributed by atoms with E-state index in [9.17, 15) is 32.3 Å². The number of cyclic esters (lactones) is 1. The average Bonchev–Trinajstić information content (AvgIpc) is 3.16. The number of hydrogen-bond acceptors (Lipinski definition) is 8. The van der Waals surface area contributed by atoms with Crippen LogP contribution in [0.25, 0.3) is 11.0 Å². The van der Waals surface area contributed by atoms with Crippen molar-refractivity contribution in [3.05, 3.63) is 40.2 Å². The van der Waals surface area contributed by atoms with E-state index in [0.717, 1.165) is 11.8 Å². The Labute approximate surface area is 210 Å². The topological polar surface area (TPSA) is 115 Å². The molecule has 1 aromatic carbocycles. The quantitative estimate of drug-likeness (QED) is 0.432. The van der Waals surface area contributed by atoms with Gasteiger partial charge in [0.1, 0.15) is 17.2 Å². The predicted molar refractivity (Wildman–Crippen MR) is 127 cm³/mol. The number of ether oxygens (including phenoxy) is 2. The number of fused-ring (bicyclic) bond motifs is 1. The number of benzene rings is 1. The largest absolute Gasteiger partial charge is 0.471 e. The molecule has 1 N–H and O–H groups in total. The van der Waals surface area contributed by atoms with Gasteiger partial charge in [-0.1, -0.05) is 0 Å². The fourth-order valence-corrected chi connectivity index (χ4v) is 4.33. The molecule has 3 rings (SSSR count). The Bertz CT molecular complexity index is 1250. The van der Waals surface area contributed by atoms with Gasteiger partial charge >= 0.3 is 29.6 Å². The summed E-state index contributed by atoms with van der Waals surface area (Å²) in [5, 5.41) is 2.01. The van der Waals surface area contributed by atoms with Crippen LogP contribution < -0.4 is 15.8 Å². The number of nitrogens with zero attached hydrogens (tertiary/aromatic N) is 1. The first kappa shape index (κ1) is 28.0. The highest BCUT2D eigenvalue weighted by atomic mass is 19.4. The maximum atomic E-state index is 13.1. The van der Waals surface area contributed by atoms with E-state index in [1.54, 1.807) is 23.5 Å². The van der Waals surface area contributed by atoms with Gasteiger partial charge < -0.3 is 24.1 Å². The lowest BCUT2D eigenvalue weighted by atomic mass is 9.82. The van der Waals surface area contributed by atoms with E-state index in [1.165, 1.54) is 20.8 Å². The molecule has 202 valence electrons. The normalized spacial score (nSPS) is 18.9. The average molecular weight is 527 g/mol. The molecule has 12 heteroatoms. The van der Waals surface area contributed by atoms with E-state index in [2.05, 4.69) is 0 Å². The highest BCUT2D eigenvalue weighted by Gasteiger charge is 2.50. The van der Waals surface area contributed by atoms with Crippen LogP contribution in [0.5, 0.6) is 0 Å². The van der Waals surface area contributed by atoms with Crippen molar-refractivity contribution in [2.75, 3.05) is 24.6 Å². The second-order valence-corrected chi connectivity index (χ2v) is 9.63. The van der Waals surface area contributed by atoms with Crippen molar-refractivity contribution in [3.63, 3.8) is 0 Å². The molecular formula is C25H29F3N2O7. The zero-order chi connectivity index (χ0) is 27.7. The van der Waals surface area contributed by atoms with Crippen molar-refractivity contribution in [3.8, 4) is 0 Å². The van der Waals surface area contributed by atoms with Gasteiger partial charge in [-0.05, 0) is 52.3 Å². The fraction of sp³-hybridized carbons (Fsp3) is 0.520. The molecule has 1 saturated heterocycles. The van der Waals surface area contributed by atoms with E-state index in [1.807, 2.05) is 18.7 Å². The van der Waals surface area contributed by atoms with Crippen LogP contribution in [0.2, 0.25) is 0 Å². The molecule has 1 aliphatic rings. The van der Waals surface area contributed by atoms with Crippen molar-refractivity contribution in [1.82, 2.24) is 5.32 Å². The molecule has 0 bridgehead atoms. The van der Waals surface area contributed by atoms with Gasteiger partial charge in [0.05, 0.1) is 12.5 Å². The molecule has 0 spiro atoms. The zero-order valence-corrected chi connectivity index (χ0v) is 21.1. The summed E-state index contributed by atoms with van der Waals surface area (Å²) in [6.45, 7) is 9.29. The number of hydrogen-bond donors (Lipinski definition) is 1. The number of nitrogens with one attached hydrogen (secondary N) is 1. The molecule has 0 radical (unpaired) electrons. The minimum absolute atomic E-state index is 0.111. The van der Waals surface area contributed by atoms with Crippen molar-refractivity contribution < 1.29 is 41.4 Å². The first-order valence-electron chi connectivity index (χ1n) is 11.8. The monoisotopic (exact) mass is 526 g/mol. The Morgan fingerprint density at radius 2 is 1.78 bits per heavy atom. The van der Waals surface area contributed by atoms with Gasteiger partial charge in [-0.3, -0.25) is 9.59 Å². The third-order valence-electron chi connectivity index (χ3n) is 5.96. The summed E-state index contributed by atoms with van der Waals surface area (Å²) >= 11 is 0. The van der Waals surface area contributed by atoms with E-state index >= 15 is 0 Å². The molecule has 1 aliphatic heterocycles. The summed E-state index contributed by atoms with van der Waals surface area (Å²) in [6.07, 6.45) is -5.29. The lowest BCUT2D eigenvalue weighted by Gasteiger charge is -2.29. The maximum absolute atomic E-state index is 13.1. The Morgan fingerprint density at radius 1 is 1.14 bits per heavy atom. The Morgan fingerprint density at radius 3 is 2.35 bits per heavy atom. The molecule has 3 atom stereocenters. The van der Waals surface area contributed by atoms with Crippen molar-refractivity contribution in [1.29, 1.82) is 0 Å². The molecule has 1 fully saturated rings. The minimum atomic E-state index is -5.29. The van der Waals surface area contributed by atoms with Crippen LogP contribution >= 0.6 is 0 Å². The number of halogens is 3. The molecule has 0 saturated carbocycles. The predicted octanol–water partition coefficient (Wildman–Crippen LogP) is 3.28. The third-order valence-corrected chi connectivity index (χ3v) is 5.96. The summed E-state index contributed by atoms with van der Waals surface area (Å²) in [7, 11) is 0. The van der Waals surface area contributed by atoms with Crippen LogP contribution in [-0.2, 0) is 23.9 Å². The first-order valence-corrected chi connectivity index (χ1v) is 11.8. The molecule has 2 heterocycles. The second kappa shape index (κ2) is 10.4. The molecule has 2 aromatic rings. The van der Waals surface area contributed by atoms with Gasteiger partial charge in [0.25, 0.3) is 0 Å². The van der Waals surface area contributed by atoms with Crippen LogP contribution in [0.1, 0.15) is 46.1 Å². The van der Waals surface area contributed by atoms with Crippen molar-refractivity contribution >= 4 is 34.5 Å². The lowest BCUT2D eigenvalue weighted by Crippen LogP contribution is -2.53. The molecule has 1 aromatic heterocycles. The number of rotatable bonds is 7. The van der Waals surface area contributed by atoms with Gasteiger partial charge in [0.15, 0.2) is 0 Å². The number of alkyl halides is 3. The summed E-state index contributed by atoms with van der Waals surface area (Å²) in [4.78, 5) is 52.1. The fourth-order valence-electron chi connectivity index (χ4n) is 4.33. The Kier molecular flexibility index (Phi) is 7.89. The first-order chi connectivity index (χ1) is 17.2.